The fourth-order valence-corrected chi connectivity index (χ4v) is 4.90. The summed E-state index contributed by atoms with van der Waals surface area (Å²) in [4.78, 5) is 0.306. The van der Waals surface area contributed by atoms with Crippen LogP contribution in [0.1, 0.15) is 5.56 Å². The van der Waals surface area contributed by atoms with E-state index in [1.165, 1.54) is 0 Å². The van der Waals surface area contributed by atoms with E-state index in [4.69, 9.17) is 11.6 Å². The second kappa shape index (κ2) is 5.36. The van der Waals surface area contributed by atoms with Crippen LogP contribution in [0.4, 0.5) is 0 Å². The molecule has 0 aliphatic carbocycles. The Morgan fingerprint density at radius 3 is 2.58 bits per heavy atom. The molecule has 0 saturated carbocycles. The third-order valence-corrected chi connectivity index (χ3v) is 6.37. The van der Waals surface area contributed by atoms with Crippen LogP contribution in [-0.2, 0) is 15.6 Å². The highest BCUT2D eigenvalue weighted by atomic mass is 35.5. The normalized spacial score (nSPS) is 14.8. The molecule has 0 bridgehead atoms. The van der Waals surface area contributed by atoms with Crippen molar-refractivity contribution in [2.75, 3.05) is 0 Å². The second-order valence-electron chi connectivity index (χ2n) is 6.07. The van der Waals surface area contributed by atoms with Crippen molar-refractivity contribution < 1.29 is 8.42 Å². The predicted molar refractivity (Wildman–Crippen MR) is 97.6 cm³/mol. The summed E-state index contributed by atoms with van der Waals surface area (Å²) in [6.45, 7) is 0. The van der Waals surface area contributed by atoms with Crippen molar-refractivity contribution in [2.45, 2.75) is 10.6 Å². The van der Waals surface area contributed by atoms with E-state index < -0.39 is 9.84 Å². The number of sulfone groups is 1. The van der Waals surface area contributed by atoms with Crippen LogP contribution in [0.25, 0.3) is 28.3 Å². The number of rotatable bonds is 1. The molecule has 0 spiro atoms. The monoisotopic (exact) mass is 382 g/mol. The third-order valence-electron chi connectivity index (χ3n) is 4.40. The summed E-state index contributed by atoms with van der Waals surface area (Å²) in [6.07, 6.45) is 0. The summed E-state index contributed by atoms with van der Waals surface area (Å²) in [5.74, 6) is 0.483. The van der Waals surface area contributed by atoms with Crippen LogP contribution >= 0.6 is 11.6 Å². The van der Waals surface area contributed by atoms with Gasteiger partial charge in [0.05, 0.1) is 16.3 Å². The van der Waals surface area contributed by atoms with Crippen LogP contribution in [0.2, 0.25) is 5.02 Å². The van der Waals surface area contributed by atoms with Crippen LogP contribution < -0.4 is 0 Å². The molecule has 0 N–H and O–H groups in total. The lowest BCUT2D eigenvalue weighted by atomic mass is 10.1. The molecule has 1 aliphatic rings. The van der Waals surface area contributed by atoms with Gasteiger partial charge in [0.2, 0.25) is 0 Å². The van der Waals surface area contributed by atoms with Gasteiger partial charge in [0.25, 0.3) is 0 Å². The highest BCUT2D eigenvalue weighted by Crippen LogP contribution is 2.37. The molecular formula is C18H11ClN4O2S. The Kier molecular flexibility index (Phi) is 3.19. The molecule has 0 unspecified atom stereocenters. The van der Waals surface area contributed by atoms with Gasteiger partial charge in [0.15, 0.2) is 21.3 Å². The third kappa shape index (κ3) is 2.24. The van der Waals surface area contributed by atoms with Crippen LogP contribution in [0, 0.1) is 0 Å². The van der Waals surface area contributed by atoms with E-state index in [-0.39, 0.29) is 5.75 Å². The van der Waals surface area contributed by atoms with Crippen molar-refractivity contribution in [3.05, 3.63) is 65.2 Å². The number of aromatic nitrogens is 4. The largest absolute Gasteiger partial charge is 0.223 e. The standard InChI is InChI=1S/C18H11ClN4O2S/c19-13-7-5-11(6-8-13)18-21-20-16-9-12-10-26(24,25)15-4-2-1-3-14(15)17(12)22-23(16)18/h1-9H,10H2. The van der Waals surface area contributed by atoms with E-state index in [1.807, 2.05) is 18.2 Å². The van der Waals surface area contributed by atoms with Crippen LogP contribution in [-0.4, -0.2) is 28.2 Å². The topological polar surface area (TPSA) is 77.2 Å². The maximum atomic E-state index is 12.5. The van der Waals surface area contributed by atoms with Gasteiger partial charge in [-0.1, -0.05) is 29.8 Å². The zero-order valence-electron chi connectivity index (χ0n) is 13.3. The summed E-state index contributed by atoms with van der Waals surface area (Å²) in [5, 5.41) is 13.7. The van der Waals surface area contributed by atoms with Gasteiger partial charge >= 0.3 is 0 Å². The molecule has 8 heteroatoms. The first kappa shape index (κ1) is 15.5. The molecule has 4 aromatic rings. The maximum Gasteiger partial charge on any atom is 0.185 e. The van der Waals surface area contributed by atoms with Gasteiger partial charge < -0.3 is 0 Å². The number of hydrogen-bond acceptors (Lipinski definition) is 5. The molecule has 2 aromatic heterocycles. The summed E-state index contributed by atoms with van der Waals surface area (Å²) in [7, 11) is -3.39. The molecule has 2 aromatic carbocycles. The van der Waals surface area contributed by atoms with Gasteiger partial charge in [-0.2, -0.15) is 9.61 Å². The molecule has 0 fully saturated rings. The fraction of sp³-hybridized carbons (Fsp3) is 0.0556. The molecule has 0 radical (unpaired) electrons. The van der Waals surface area contributed by atoms with Gasteiger partial charge in [-0.15, -0.1) is 10.2 Å². The van der Waals surface area contributed by atoms with Crippen LogP contribution in [0.5, 0.6) is 0 Å². The summed E-state index contributed by atoms with van der Waals surface area (Å²) >= 11 is 5.95. The Labute approximate surface area is 154 Å². The van der Waals surface area contributed by atoms with Gasteiger partial charge in [-0.25, -0.2) is 8.42 Å². The first-order valence-corrected chi connectivity index (χ1v) is 9.89. The van der Waals surface area contributed by atoms with Crippen molar-refractivity contribution in [1.29, 1.82) is 0 Å². The van der Waals surface area contributed by atoms with E-state index in [2.05, 4.69) is 15.3 Å². The highest BCUT2D eigenvalue weighted by molar-refractivity contribution is 7.90. The molecule has 3 heterocycles. The lowest BCUT2D eigenvalue weighted by Crippen LogP contribution is -2.15. The zero-order valence-corrected chi connectivity index (χ0v) is 14.9. The number of benzene rings is 2. The van der Waals surface area contributed by atoms with Crippen molar-refractivity contribution in [3.63, 3.8) is 0 Å². The van der Waals surface area contributed by atoms with Gasteiger partial charge in [-0.3, -0.25) is 0 Å². The molecule has 0 amide bonds. The fourth-order valence-electron chi connectivity index (χ4n) is 3.20. The van der Waals surface area contributed by atoms with Crippen molar-refractivity contribution >= 4 is 27.1 Å². The van der Waals surface area contributed by atoms with Crippen molar-refractivity contribution in [1.82, 2.24) is 19.8 Å². The van der Waals surface area contributed by atoms with Crippen molar-refractivity contribution in [2.24, 2.45) is 0 Å². The smallest absolute Gasteiger partial charge is 0.185 e. The second-order valence-corrected chi connectivity index (χ2v) is 8.47. The summed E-state index contributed by atoms with van der Waals surface area (Å²) in [5.41, 5.74) is 3.20. The Hall–Kier alpha value is -2.77. The summed E-state index contributed by atoms with van der Waals surface area (Å²) < 4.78 is 26.7. The first-order valence-electron chi connectivity index (χ1n) is 7.86. The predicted octanol–water partition coefficient (Wildman–Crippen LogP) is 3.40. The Bertz CT molecular complexity index is 1280. The average molecular weight is 383 g/mol. The van der Waals surface area contributed by atoms with E-state index in [0.717, 1.165) is 5.56 Å². The van der Waals surface area contributed by atoms with E-state index in [9.17, 15) is 8.42 Å². The molecule has 26 heavy (non-hydrogen) atoms. The van der Waals surface area contributed by atoms with Crippen molar-refractivity contribution in [3.8, 4) is 22.6 Å². The zero-order chi connectivity index (χ0) is 17.9. The van der Waals surface area contributed by atoms with Gasteiger partial charge in [-0.05, 0) is 42.0 Å². The number of fused-ring (bicyclic) bond motifs is 4. The quantitative estimate of drug-likeness (QED) is 0.504. The van der Waals surface area contributed by atoms with E-state index in [1.54, 1.807) is 40.9 Å². The number of halogens is 1. The molecule has 0 saturated heterocycles. The van der Waals surface area contributed by atoms with Gasteiger partial charge in [0.1, 0.15) is 0 Å². The maximum absolute atomic E-state index is 12.5. The van der Waals surface area contributed by atoms with Crippen LogP contribution in [0.15, 0.2) is 59.5 Å². The Morgan fingerprint density at radius 2 is 1.77 bits per heavy atom. The van der Waals surface area contributed by atoms with E-state index in [0.29, 0.717) is 38.2 Å². The van der Waals surface area contributed by atoms with Gasteiger partial charge in [0, 0.05) is 16.1 Å². The number of nitrogens with zero attached hydrogens (tertiary/aromatic N) is 4. The lowest BCUT2D eigenvalue weighted by Gasteiger charge is -2.18. The average Bonchev–Trinajstić information content (AvgIpc) is 3.04. The first-order chi connectivity index (χ1) is 12.5. The Morgan fingerprint density at radius 1 is 1.00 bits per heavy atom. The number of hydrogen-bond donors (Lipinski definition) is 0. The molecule has 5 rings (SSSR count). The molecule has 1 aliphatic heterocycles. The molecule has 128 valence electrons. The molecular weight excluding hydrogens is 372 g/mol. The SMILES string of the molecule is O=S1(=O)Cc2cc3nnc(-c4ccc(Cl)cc4)n3nc2-c2ccccc21. The molecule has 0 atom stereocenters. The highest BCUT2D eigenvalue weighted by Gasteiger charge is 2.30. The lowest BCUT2D eigenvalue weighted by molar-refractivity contribution is 0.594. The Balaban J connectivity index is 1.79. The minimum Gasteiger partial charge on any atom is -0.223 e. The minimum atomic E-state index is -3.39. The molecule has 6 nitrogen and oxygen atoms in total. The summed E-state index contributed by atoms with van der Waals surface area (Å²) in [6, 6.07) is 15.9. The minimum absolute atomic E-state index is 0.0913. The van der Waals surface area contributed by atoms with Crippen LogP contribution in [0.3, 0.4) is 0 Å². The van der Waals surface area contributed by atoms with E-state index >= 15 is 0 Å².